The van der Waals surface area contributed by atoms with Gasteiger partial charge in [-0.3, -0.25) is 4.79 Å². The standard InChI is InChI=1S/C15H22ClN3O/c1-2-7-19-8-5-12(6-9-19)18-15(20)11-3-4-14(17)13(16)10-11/h3-4,10,12H,2,5-9,17H2,1H3,(H,18,20). The number of nitrogens with one attached hydrogen (secondary N) is 1. The SMILES string of the molecule is CCCN1CCC(NC(=O)c2ccc(N)c(Cl)c2)CC1. The van der Waals surface area contributed by atoms with Crippen molar-refractivity contribution in [1.29, 1.82) is 0 Å². The molecule has 0 bridgehead atoms. The maximum absolute atomic E-state index is 12.2. The van der Waals surface area contributed by atoms with Gasteiger partial charge in [0, 0.05) is 24.7 Å². The number of nitrogen functional groups attached to an aromatic ring is 1. The number of carbonyl (C=O) groups excluding carboxylic acids is 1. The number of anilines is 1. The minimum Gasteiger partial charge on any atom is -0.398 e. The minimum absolute atomic E-state index is 0.0687. The van der Waals surface area contributed by atoms with Crippen molar-refractivity contribution in [3.05, 3.63) is 28.8 Å². The van der Waals surface area contributed by atoms with Gasteiger partial charge in [-0.05, 0) is 44.0 Å². The molecule has 1 saturated heterocycles. The number of piperidine rings is 1. The predicted molar refractivity (Wildman–Crippen MR) is 83.1 cm³/mol. The zero-order valence-electron chi connectivity index (χ0n) is 11.9. The van der Waals surface area contributed by atoms with Gasteiger partial charge in [-0.2, -0.15) is 0 Å². The van der Waals surface area contributed by atoms with E-state index < -0.39 is 0 Å². The van der Waals surface area contributed by atoms with Crippen LogP contribution in [0.15, 0.2) is 18.2 Å². The van der Waals surface area contributed by atoms with Gasteiger partial charge in [-0.25, -0.2) is 0 Å². The molecular weight excluding hydrogens is 274 g/mol. The molecule has 5 heteroatoms. The molecule has 110 valence electrons. The van der Waals surface area contributed by atoms with Gasteiger partial charge in [0.1, 0.15) is 0 Å². The van der Waals surface area contributed by atoms with E-state index in [1.54, 1.807) is 18.2 Å². The zero-order valence-corrected chi connectivity index (χ0v) is 12.6. The molecule has 1 aromatic rings. The van der Waals surface area contributed by atoms with Crippen LogP contribution in [0.25, 0.3) is 0 Å². The number of nitrogens with two attached hydrogens (primary N) is 1. The van der Waals surface area contributed by atoms with Crippen molar-refractivity contribution in [2.45, 2.75) is 32.2 Å². The Labute approximate surface area is 125 Å². The molecule has 1 amide bonds. The van der Waals surface area contributed by atoms with Gasteiger partial charge in [0.05, 0.1) is 10.7 Å². The molecule has 0 spiro atoms. The highest BCUT2D eigenvalue weighted by Gasteiger charge is 2.20. The predicted octanol–water partition coefficient (Wildman–Crippen LogP) is 2.53. The van der Waals surface area contributed by atoms with Crippen LogP contribution in [0.2, 0.25) is 5.02 Å². The maximum Gasteiger partial charge on any atom is 0.251 e. The highest BCUT2D eigenvalue weighted by molar-refractivity contribution is 6.33. The summed E-state index contributed by atoms with van der Waals surface area (Å²) in [5.74, 6) is -0.0687. The molecule has 1 aliphatic heterocycles. The van der Waals surface area contributed by atoms with E-state index >= 15 is 0 Å². The molecule has 0 unspecified atom stereocenters. The topological polar surface area (TPSA) is 58.4 Å². The van der Waals surface area contributed by atoms with Crippen LogP contribution in [-0.2, 0) is 0 Å². The van der Waals surface area contributed by atoms with Gasteiger partial charge in [-0.1, -0.05) is 18.5 Å². The summed E-state index contributed by atoms with van der Waals surface area (Å²) in [5, 5.41) is 3.51. The number of hydrogen-bond acceptors (Lipinski definition) is 3. The van der Waals surface area contributed by atoms with Crippen LogP contribution in [0, 0.1) is 0 Å². The number of benzene rings is 1. The summed E-state index contributed by atoms with van der Waals surface area (Å²) in [7, 11) is 0. The largest absolute Gasteiger partial charge is 0.398 e. The van der Waals surface area contributed by atoms with E-state index in [0.717, 1.165) is 32.5 Å². The Bertz CT molecular complexity index is 470. The summed E-state index contributed by atoms with van der Waals surface area (Å²) in [6.45, 7) is 5.45. The normalized spacial score (nSPS) is 17.1. The van der Waals surface area contributed by atoms with Gasteiger partial charge in [0.2, 0.25) is 0 Å². The van der Waals surface area contributed by atoms with Crippen LogP contribution in [0.3, 0.4) is 0 Å². The second-order valence-corrected chi connectivity index (χ2v) is 5.73. The van der Waals surface area contributed by atoms with Gasteiger partial charge < -0.3 is 16.0 Å². The first kappa shape index (κ1) is 15.1. The number of carbonyl (C=O) groups is 1. The number of hydrogen-bond donors (Lipinski definition) is 2. The lowest BCUT2D eigenvalue weighted by molar-refractivity contribution is 0.0911. The third-order valence-corrected chi connectivity index (χ3v) is 4.05. The molecular formula is C15H22ClN3O. The summed E-state index contributed by atoms with van der Waals surface area (Å²) >= 11 is 5.94. The monoisotopic (exact) mass is 295 g/mol. The van der Waals surface area contributed by atoms with Crippen LogP contribution in [0.1, 0.15) is 36.5 Å². The molecule has 0 aromatic heterocycles. The Morgan fingerprint density at radius 2 is 2.15 bits per heavy atom. The quantitative estimate of drug-likeness (QED) is 0.839. The van der Waals surface area contributed by atoms with E-state index in [4.69, 9.17) is 17.3 Å². The lowest BCUT2D eigenvalue weighted by Gasteiger charge is -2.32. The molecule has 0 radical (unpaired) electrons. The van der Waals surface area contributed by atoms with E-state index in [-0.39, 0.29) is 11.9 Å². The van der Waals surface area contributed by atoms with Crippen LogP contribution in [-0.4, -0.2) is 36.5 Å². The second-order valence-electron chi connectivity index (χ2n) is 5.33. The van der Waals surface area contributed by atoms with E-state index in [0.29, 0.717) is 16.3 Å². The molecule has 0 atom stereocenters. The highest BCUT2D eigenvalue weighted by Crippen LogP contribution is 2.20. The smallest absolute Gasteiger partial charge is 0.251 e. The number of nitrogens with zero attached hydrogens (tertiary/aromatic N) is 1. The average molecular weight is 296 g/mol. The van der Waals surface area contributed by atoms with Crippen molar-refractivity contribution < 1.29 is 4.79 Å². The van der Waals surface area contributed by atoms with Gasteiger partial charge >= 0.3 is 0 Å². The van der Waals surface area contributed by atoms with Crippen molar-refractivity contribution >= 4 is 23.2 Å². The Morgan fingerprint density at radius 3 is 2.75 bits per heavy atom. The van der Waals surface area contributed by atoms with E-state index in [2.05, 4.69) is 17.1 Å². The Balaban J connectivity index is 1.87. The van der Waals surface area contributed by atoms with E-state index in [9.17, 15) is 4.79 Å². The van der Waals surface area contributed by atoms with Gasteiger partial charge in [-0.15, -0.1) is 0 Å². The minimum atomic E-state index is -0.0687. The van der Waals surface area contributed by atoms with Crippen molar-refractivity contribution in [3.63, 3.8) is 0 Å². The lowest BCUT2D eigenvalue weighted by Crippen LogP contribution is -2.44. The number of amides is 1. The summed E-state index contributed by atoms with van der Waals surface area (Å²) < 4.78 is 0. The molecule has 1 fully saturated rings. The van der Waals surface area contributed by atoms with Crippen LogP contribution in [0.5, 0.6) is 0 Å². The Hall–Kier alpha value is -1.26. The first-order valence-electron chi connectivity index (χ1n) is 7.18. The summed E-state index contributed by atoms with van der Waals surface area (Å²) in [4.78, 5) is 14.6. The average Bonchev–Trinajstić information content (AvgIpc) is 2.44. The second kappa shape index (κ2) is 6.95. The lowest BCUT2D eigenvalue weighted by atomic mass is 10.0. The van der Waals surface area contributed by atoms with Crippen LogP contribution >= 0.6 is 11.6 Å². The summed E-state index contributed by atoms with van der Waals surface area (Å²) in [6.07, 6.45) is 3.20. The maximum atomic E-state index is 12.2. The molecule has 1 aromatic carbocycles. The van der Waals surface area contributed by atoms with Crippen molar-refractivity contribution in [2.24, 2.45) is 0 Å². The van der Waals surface area contributed by atoms with Gasteiger partial charge in [0.25, 0.3) is 5.91 Å². The van der Waals surface area contributed by atoms with E-state index in [1.165, 1.54) is 6.42 Å². The summed E-state index contributed by atoms with van der Waals surface area (Å²) in [6, 6.07) is 5.26. The molecule has 1 aliphatic rings. The van der Waals surface area contributed by atoms with Gasteiger partial charge in [0.15, 0.2) is 0 Å². The third-order valence-electron chi connectivity index (χ3n) is 3.73. The zero-order chi connectivity index (χ0) is 14.5. The Kier molecular flexibility index (Phi) is 5.26. The fourth-order valence-corrected chi connectivity index (χ4v) is 2.73. The third kappa shape index (κ3) is 3.87. The number of halogens is 1. The fraction of sp³-hybridized carbons (Fsp3) is 0.533. The van der Waals surface area contributed by atoms with E-state index in [1.807, 2.05) is 0 Å². The number of rotatable bonds is 4. The molecule has 0 aliphatic carbocycles. The van der Waals surface area contributed by atoms with Crippen molar-refractivity contribution in [1.82, 2.24) is 10.2 Å². The fourth-order valence-electron chi connectivity index (χ4n) is 2.55. The first-order chi connectivity index (χ1) is 9.60. The summed E-state index contributed by atoms with van der Waals surface area (Å²) in [5.41, 5.74) is 6.71. The highest BCUT2D eigenvalue weighted by atomic mass is 35.5. The molecule has 4 nitrogen and oxygen atoms in total. The Morgan fingerprint density at radius 1 is 1.45 bits per heavy atom. The molecule has 2 rings (SSSR count). The molecule has 0 saturated carbocycles. The molecule has 3 N–H and O–H groups in total. The number of likely N-dealkylation sites (tertiary alicyclic amines) is 1. The first-order valence-corrected chi connectivity index (χ1v) is 7.56. The van der Waals surface area contributed by atoms with Crippen molar-refractivity contribution in [3.8, 4) is 0 Å². The van der Waals surface area contributed by atoms with Crippen LogP contribution < -0.4 is 11.1 Å². The van der Waals surface area contributed by atoms with Crippen molar-refractivity contribution in [2.75, 3.05) is 25.4 Å². The van der Waals surface area contributed by atoms with Crippen LogP contribution in [0.4, 0.5) is 5.69 Å². The molecule has 1 heterocycles. The molecule has 20 heavy (non-hydrogen) atoms.